The van der Waals surface area contributed by atoms with Crippen LogP contribution in [0.1, 0.15) is 18.6 Å². The van der Waals surface area contributed by atoms with Crippen LogP contribution in [0.4, 0.5) is 0 Å². The number of ether oxygens (including phenoxy) is 1. The lowest BCUT2D eigenvalue weighted by Gasteiger charge is -2.07. The maximum Gasteiger partial charge on any atom is 0.135 e. The molecule has 0 bridgehead atoms. The second-order valence-corrected chi connectivity index (χ2v) is 2.68. The second kappa shape index (κ2) is 1.86. The predicted molar refractivity (Wildman–Crippen MR) is 36.6 cm³/mol. The molecule has 0 unspecified atom stereocenters. The average molecular weight is 138 g/mol. The Morgan fingerprint density at radius 1 is 1.60 bits per heavy atom. The molecule has 0 aliphatic heterocycles. The Bertz CT molecular complexity index is 209. The number of furan rings is 1. The van der Waals surface area contributed by atoms with E-state index < -0.39 is 0 Å². The van der Waals surface area contributed by atoms with Crippen molar-refractivity contribution in [1.29, 1.82) is 0 Å². The maximum atomic E-state index is 5.30. The molecule has 0 spiro atoms. The lowest BCUT2D eigenvalue weighted by molar-refractivity contribution is 0.0593. The van der Waals surface area contributed by atoms with Gasteiger partial charge in [-0.2, -0.15) is 0 Å². The summed E-state index contributed by atoms with van der Waals surface area (Å²) >= 11 is 0. The smallest absolute Gasteiger partial charge is 0.135 e. The quantitative estimate of drug-likeness (QED) is 0.622. The molecule has 1 aliphatic rings. The van der Waals surface area contributed by atoms with Crippen LogP contribution in [0.5, 0.6) is 0 Å². The predicted octanol–water partition coefficient (Wildman–Crippen LogP) is 1.92. The summed E-state index contributed by atoms with van der Waals surface area (Å²) in [5.41, 5.74) is -0.0521. The summed E-state index contributed by atoms with van der Waals surface area (Å²) in [5.74, 6) is 0.968. The molecule has 0 aromatic carbocycles. The molecule has 10 heavy (non-hydrogen) atoms. The zero-order valence-electron chi connectivity index (χ0n) is 5.96. The Balaban J connectivity index is 2.27. The number of rotatable bonds is 2. The van der Waals surface area contributed by atoms with Gasteiger partial charge in [-0.3, -0.25) is 0 Å². The van der Waals surface area contributed by atoms with Gasteiger partial charge in [-0.25, -0.2) is 0 Å². The number of hydrogen-bond donors (Lipinski definition) is 0. The summed E-state index contributed by atoms with van der Waals surface area (Å²) in [5, 5.41) is 0. The molecular weight excluding hydrogens is 128 g/mol. The minimum Gasteiger partial charge on any atom is -0.466 e. The molecule has 1 heterocycles. The van der Waals surface area contributed by atoms with Crippen LogP contribution in [0, 0.1) is 0 Å². The highest BCUT2D eigenvalue weighted by Crippen LogP contribution is 2.48. The van der Waals surface area contributed by atoms with Crippen LogP contribution in [-0.4, -0.2) is 7.11 Å². The number of methoxy groups -OCH3 is 1. The van der Waals surface area contributed by atoms with Gasteiger partial charge < -0.3 is 9.15 Å². The van der Waals surface area contributed by atoms with E-state index in [2.05, 4.69) is 0 Å². The lowest BCUT2D eigenvalue weighted by Crippen LogP contribution is -2.06. The molecule has 2 nitrogen and oxygen atoms in total. The fraction of sp³-hybridized carbons (Fsp3) is 0.500. The van der Waals surface area contributed by atoms with Crippen LogP contribution in [0.25, 0.3) is 0 Å². The van der Waals surface area contributed by atoms with Crippen LogP contribution < -0.4 is 0 Å². The van der Waals surface area contributed by atoms with Crippen molar-refractivity contribution in [1.82, 2.24) is 0 Å². The Hall–Kier alpha value is -0.760. The first-order valence-electron chi connectivity index (χ1n) is 3.46. The van der Waals surface area contributed by atoms with Gasteiger partial charge in [-0.1, -0.05) is 0 Å². The maximum absolute atomic E-state index is 5.30. The van der Waals surface area contributed by atoms with E-state index in [-0.39, 0.29) is 5.60 Å². The third-order valence-corrected chi connectivity index (χ3v) is 2.07. The number of hydrogen-bond acceptors (Lipinski definition) is 2. The van der Waals surface area contributed by atoms with Gasteiger partial charge in [0.15, 0.2) is 0 Å². The van der Waals surface area contributed by atoms with Crippen molar-refractivity contribution in [2.24, 2.45) is 0 Å². The zero-order chi connectivity index (χ0) is 7.03. The summed E-state index contributed by atoms with van der Waals surface area (Å²) in [7, 11) is 1.73. The third kappa shape index (κ3) is 0.688. The minimum atomic E-state index is -0.0521. The molecule has 0 atom stereocenters. The Labute approximate surface area is 59.8 Å². The van der Waals surface area contributed by atoms with Gasteiger partial charge in [0.1, 0.15) is 11.4 Å². The van der Waals surface area contributed by atoms with Gasteiger partial charge in [0.05, 0.1) is 6.26 Å². The van der Waals surface area contributed by atoms with E-state index in [4.69, 9.17) is 9.15 Å². The molecule has 0 radical (unpaired) electrons. The van der Waals surface area contributed by atoms with Crippen molar-refractivity contribution < 1.29 is 9.15 Å². The molecule has 1 fully saturated rings. The van der Waals surface area contributed by atoms with Crippen molar-refractivity contribution >= 4 is 0 Å². The van der Waals surface area contributed by atoms with Gasteiger partial charge in [0.25, 0.3) is 0 Å². The van der Waals surface area contributed by atoms with Gasteiger partial charge in [0.2, 0.25) is 0 Å². The fourth-order valence-corrected chi connectivity index (χ4v) is 1.20. The highest BCUT2D eigenvalue weighted by molar-refractivity contribution is 5.16. The molecular formula is C8H10O2. The largest absolute Gasteiger partial charge is 0.466 e. The SMILES string of the molecule is COC1(c2ccco2)CC1. The first kappa shape index (κ1) is 5.98. The summed E-state index contributed by atoms with van der Waals surface area (Å²) in [6, 6.07) is 3.87. The standard InChI is InChI=1S/C8H10O2/c1-9-8(4-5-8)7-3-2-6-10-7/h2-3,6H,4-5H2,1H3. The molecule has 54 valence electrons. The highest BCUT2D eigenvalue weighted by atomic mass is 16.5. The van der Waals surface area contributed by atoms with Crippen molar-refractivity contribution in [2.75, 3.05) is 7.11 Å². The van der Waals surface area contributed by atoms with Crippen LogP contribution in [0.3, 0.4) is 0 Å². The average Bonchev–Trinajstić information content (AvgIpc) is 2.58. The topological polar surface area (TPSA) is 22.4 Å². The first-order chi connectivity index (χ1) is 4.87. The molecule has 1 aromatic rings. The van der Waals surface area contributed by atoms with Crippen LogP contribution in [-0.2, 0) is 10.3 Å². The second-order valence-electron chi connectivity index (χ2n) is 2.68. The molecule has 0 amide bonds. The normalized spacial score (nSPS) is 20.9. The Morgan fingerprint density at radius 3 is 2.80 bits per heavy atom. The van der Waals surface area contributed by atoms with Crippen molar-refractivity contribution in [3.63, 3.8) is 0 Å². The van der Waals surface area contributed by atoms with E-state index in [0.717, 1.165) is 18.6 Å². The minimum absolute atomic E-state index is 0.0521. The van der Waals surface area contributed by atoms with E-state index in [9.17, 15) is 0 Å². The van der Waals surface area contributed by atoms with Gasteiger partial charge >= 0.3 is 0 Å². The van der Waals surface area contributed by atoms with E-state index >= 15 is 0 Å². The summed E-state index contributed by atoms with van der Waals surface area (Å²) in [6.07, 6.45) is 3.88. The molecule has 1 aromatic heterocycles. The summed E-state index contributed by atoms with van der Waals surface area (Å²) in [4.78, 5) is 0. The van der Waals surface area contributed by atoms with E-state index in [0.29, 0.717) is 0 Å². The lowest BCUT2D eigenvalue weighted by atomic mass is 10.2. The van der Waals surface area contributed by atoms with Crippen molar-refractivity contribution in [2.45, 2.75) is 18.4 Å². The Morgan fingerprint density at radius 2 is 2.40 bits per heavy atom. The molecule has 1 saturated carbocycles. The molecule has 2 heteroatoms. The zero-order valence-corrected chi connectivity index (χ0v) is 5.96. The van der Waals surface area contributed by atoms with Crippen molar-refractivity contribution in [3.8, 4) is 0 Å². The van der Waals surface area contributed by atoms with Crippen LogP contribution in [0.15, 0.2) is 22.8 Å². The van der Waals surface area contributed by atoms with Gasteiger partial charge in [-0.05, 0) is 25.0 Å². The molecule has 0 N–H and O–H groups in total. The molecule has 1 aliphatic carbocycles. The first-order valence-corrected chi connectivity index (χ1v) is 3.46. The van der Waals surface area contributed by atoms with E-state index in [1.165, 1.54) is 0 Å². The van der Waals surface area contributed by atoms with Crippen LogP contribution in [0.2, 0.25) is 0 Å². The summed E-state index contributed by atoms with van der Waals surface area (Å²) in [6.45, 7) is 0. The molecule has 0 saturated heterocycles. The highest BCUT2D eigenvalue weighted by Gasteiger charge is 2.47. The summed E-state index contributed by atoms with van der Waals surface area (Å²) < 4.78 is 10.5. The van der Waals surface area contributed by atoms with Gasteiger partial charge in [-0.15, -0.1) is 0 Å². The van der Waals surface area contributed by atoms with Crippen LogP contribution >= 0.6 is 0 Å². The third-order valence-electron chi connectivity index (χ3n) is 2.07. The van der Waals surface area contributed by atoms with E-state index in [1.807, 2.05) is 12.1 Å². The van der Waals surface area contributed by atoms with E-state index in [1.54, 1.807) is 13.4 Å². The van der Waals surface area contributed by atoms with Crippen molar-refractivity contribution in [3.05, 3.63) is 24.2 Å². The monoisotopic (exact) mass is 138 g/mol. The fourth-order valence-electron chi connectivity index (χ4n) is 1.20. The Kier molecular flexibility index (Phi) is 1.11. The van der Waals surface area contributed by atoms with Gasteiger partial charge in [0, 0.05) is 7.11 Å². The molecule has 2 rings (SSSR count).